The Bertz CT molecular complexity index is 314. The molecule has 0 heterocycles. The first kappa shape index (κ1) is 10.1. The molecule has 0 bridgehead atoms. The van der Waals surface area contributed by atoms with Gasteiger partial charge in [0, 0.05) is 6.07 Å². The number of alkyl halides is 1. The lowest BCUT2D eigenvalue weighted by Crippen LogP contribution is -2.06. The zero-order valence-electron chi connectivity index (χ0n) is 6.64. The highest BCUT2D eigenvalue weighted by Crippen LogP contribution is 2.12. The van der Waals surface area contributed by atoms with Crippen molar-refractivity contribution in [3.05, 3.63) is 35.4 Å². The summed E-state index contributed by atoms with van der Waals surface area (Å²) < 4.78 is 25.4. The second kappa shape index (κ2) is 4.33. The lowest BCUT2D eigenvalue weighted by molar-refractivity contribution is -0.107. The van der Waals surface area contributed by atoms with E-state index in [1.165, 1.54) is 6.07 Å². The molecule has 0 aromatic heterocycles. The van der Waals surface area contributed by atoms with Crippen LogP contribution in [0.1, 0.15) is 5.56 Å². The molecule has 13 heavy (non-hydrogen) atoms. The summed E-state index contributed by atoms with van der Waals surface area (Å²) in [5, 5.41) is -0.764. The number of hydrogen-bond acceptors (Lipinski definition) is 1. The summed E-state index contributed by atoms with van der Waals surface area (Å²) in [4.78, 5) is 10.2. The van der Waals surface area contributed by atoms with Gasteiger partial charge in [0.25, 0.3) is 0 Å². The van der Waals surface area contributed by atoms with Gasteiger partial charge >= 0.3 is 0 Å². The van der Waals surface area contributed by atoms with Gasteiger partial charge in [-0.25, -0.2) is 8.78 Å². The molecule has 0 amide bonds. The van der Waals surface area contributed by atoms with Crippen molar-refractivity contribution in [2.75, 3.05) is 0 Å². The first-order valence-corrected chi connectivity index (χ1v) is 4.10. The molecule has 0 spiro atoms. The summed E-state index contributed by atoms with van der Waals surface area (Å²) in [7, 11) is 0. The molecule has 0 aliphatic heterocycles. The van der Waals surface area contributed by atoms with Crippen molar-refractivity contribution in [1.29, 1.82) is 0 Å². The molecule has 0 fully saturated rings. The van der Waals surface area contributed by atoms with E-state index < -0.39 is 17.0 Å². The molecule has 1 rings (SSSR count). The third kappa shape index (κ3) is 2.77. The molecular formula is C9H7ClF2O. The number of halogens is 3. The molecule has 1 unspecified atom stereocenters. The zero-order valence-corrected chi connectivity index (χ0v) is 7.39. The van der Waals surface area contributed by atoms with Gasteiger partial charge in [0.2, 0.25) is 0 Å². The Morgan fingerprint density at radius 3 is 2.69 bits per heavy atom. The summed E-state index contributed by atoms with van der Waals surface area (Å²) >= 11 is 5.48. The van der Waals surface area contributed by atoms with Gasteiger partial charge in [0.05, 0.1) is 5.38 Å². The maximum Gasteiger partial charge on any atom is 0.138 e. The van der Waals surface area contributed by atoms with Crippen LogP contribution in [0, 0.1) is 11.6 Å². The number of benzene rings is 1. The van der Waals surface area contributed by atoms with Crippen molar-refractivity contribution in [2.45, 2.75) is 11.8 Å². The molecule has 0 saturated heterocycles. The molecule has 70 valence electrons. The van der Waals surface area contributed by atoms with Crippen LogP contribution in [-0.4, -0.2) is 11.7 Å². The summed E-state index contributed by atoms with van der Waals surface area (Å²) in [6.45, 7) is 0. The van der Waals surface area contributed by atoms with Gasteiger partial charge < -0.3 is 4.79 Å². The second-order valence-corrected chi connectivity index (χ2v) is 3.15. The zero-order chi connectivity index (χ0) is 9.84. The van der Waals surface area contributed by atoms with Crippen molar-refractivity contribution in [3.63, 3.8) is 0 Å². The summed E-state index contributed by atoms with van der Waals surface area (Å²) in [5.74, 6) is -1.31. The van der Waals surface area contributed by atoms with Crippen molar-refractivity contribution in [1.82, 2.24) is 0 Å². The number of carbonyl (C=O) groups excluding carboxylic acids is 1. The minimum atomic E-state index is -0.764. The highest BCUT2D eigenvalue weighted by Gasteiger charge is 2.08. The predicted octanol–water partition coefficient (Wildman–Crippen LogP) is 2.31. The van der Waals surface area contributed by atoms with Crippen LogP contribution >= 0.6 is 11.6 Å². The number of aldehydes is 1. The predicted molar refractivity (Wildman–Crippen MR) is 45.8 cm³/mol. The fraction of sp³-hybridized carbons (Fsp3) is 0.222. The smallest absolute Gasteiger partial charge is 0.138 e. The fourth-order valence-electron chi connectivity index (χ4n) is 0.945. The van der Waals surface area contributed by atoms with E-state index in [1.54, 1.807) is 0 Å². The molecule has 1 aromatic rings. The van der Waals surface area contributed by atoms with E-state index in [0.29, 0.717) is 6.29 Å². The van der Waals surface area contributed by atoms with E-state index in [9.17, 15) is 13.6 Å². The first-order chi connectivity index (χ1) is 6.13. The molecule has 0 aliphatic carbocycles. The Kier molecular flexibility index (Phi) is 3.37. The van der Waals surface area contributed by atoms with Gasteiger partial charge in [-0.05, 0) is 18.1 Å². The second-order valence-electron chi connectivity index (χ2n) is 2.59. The summed E-state index contributed by atoms with van der Waals surface area (Å²) in [6, 6.07) is 3.18. The standard InChI is InChI=1S/C9H7ClF2O/c10-7(5-13)3-6-1-2-8(11)4-9(6)12/h1-2,4-5,7H,3H2. The van der Waals surface area contributed by atoms with E-state index in [1.807, 2.05) is 0 Å². The minimum Gasteiger partial charge on any atom is -0.302 e. The Labute approximate surface area is 79.3 Å². The minimum absolute atomic E-state index is 0.0805. The van der Waals surface area contributed by atoms with Crippen LogP contribution in [-0.2, 0) is 11.2 Å². The third-order valence-corrected chi connectivity index (χ3v) is 1.83. The van der Waals surface area contributed by atoms with E-state index in [4.69, 9.17) is 11.6 Å². The third-order valence-electron chi connectivity index (χ3n) is 1.58. The highest BCUT2D eigenvalue weighted by molar-refractivity contribution is 6.27. The average Bonchev–Trinajstić information content (AvgIpc) is 2.09. The Hall–Kier alpha value is -0.960. The quantitative estimate of drug-likeness (QED) is 0.546. The molecule has 0 saturated carbocycles. The van der Waals surface area contributed by atoms with Crippen molar-refractivity contribution in [2.24, 2.45) is 0 Å². The molecule has 1 aromatic carbocycles. The monoisotopic (exact) mass is 204 g/mol. The van der Waals surface area contributed by atoms with Crippen LogP contribution in [0.15, 0.2) is 18.2 Å². The maximum atomic E-state index is 12.9. The Balaban J connectivity index is 2.83. The van der Waals surface area contributed by atoms with E-state index in [-0.39, 0.29) is 12.0 Å². The van der Waals surface area contributed by atoms with Gasteiger partial charge in [-0.15, -0.1) is 11.6 Å². The SMILES string of the molecule is O=CC(Cl)Cc1ccc(F)cc1F. The van der Waals surface area contributed by atoms with Crippen molar-refractivity contribution >= 4 is 17.9 Å². The molecule has 0 radical (unpaired) electrons. The molecule has 4 heteroatoms. The molecule has 0 N–H and O–H groups in total. The molecule has 0 aliphatic rings. The van der Waals surface area contributed by atoms with Crippen molar-refractivity contribution < 1.29 is 13.6 Å². The van der Waals surface area contributed by atoms with Crippen LogP contribution in [0.2, 0.25) is 0 Å². The first-order valence-electron chi connectivity index (χ1n) is 3.67. The van der Waals surface area contributed by atoms with Gasteiger partial charge in [0.1, 0.15) is 17.9 Å². The van der Waals surface area contributed by atoms with Crippen LogP contribution in [0.3, 0.4) is 0 Å². The normalized spacial score (nSPS) is 12.5. The van der Waals surface area contributed by atoms with Gasteiger partial charge in [-0.2, -0.15) is 0 Å². The lowest BCUT2D eigenvalue weighted by atomic mass is 10.1. The lowest BCUT2D eigenvalue weighted by Gasteiger charge is -2.03. The Morgan fingerprint density at radius 1 is 1.46 bits per heavy atom. The highest BCUT2D eigenvalue weighted by atomic mass is 35.5. The Morgan fingerprint density at radius 2 is 2.15 bits per heavy atom. The van der Waals surface area contributed by atoms with Crippen LogP contribution < -0.4 is 0 Å². The molecule has 1 atom stereocenters. The van der Waals surface area contributed by atoms with Crippen LogP contribution in [0.4, 0.5) is 8.78 Å². The van der Waals surface area contributed by atoms with Gasteiger partial charge in [0.15, 0.2) is 0 Å². The number of rotatable bonds is 3. The largest absolute Gasteiger partial charge is 0.302 e. The van der Waals surface area contributed by atoms with E-state index in [0.717, 1.165) is 12.1 Å². The average molecular weight is 205 g/mol. The van der Waals surface area contributed by atoms with Crippen LogP contribution in [0.25, 0.3) is 0 Å². The summed E-state index contributed by atoms with van der Waals surface area (Å²) in [6.07, 6.45) is 0.599. The fourth-order valence-corrected chi connectivity index (χ4v) is 1.11. The topological polar surface area (TPSA) is 17.1 Å². The summed E-state index contributed by atoms with van der Waals surface area (Å²) in [5.41, 5.74) is 0.244. The number of carbonyl (C=O) groups is 1. The van der Waals surface area contributed by atoms with E-state index >= 15 is 0 Å². The molecular weight excluding hydrogens is 198 g/mol. The van der Waals surface area contributed by atoms with Crippen LogP contribution in [0.5, 0.6) is 0 Å². The maximum absolute atomic E-state index is 12.9. The molecule has 1 nitrogen and oxygen atoms in total. The van der Waals surface area contributed by atoms with Gasteiger partial charge in [-0.1, -0.05) is 6.07 Å². The number of hydrogen-bond donors (Lipinski definition) is 0. The van der Waals surface area contributed by atoms with E-state index in [2.05, 4.69) is 0 Å². The van der Waals surface area contributed by atoms with Gasteiger partial charge in [-0.3, -0.25) is 0 Å². The van der Waals surface area contributed by atoms with Crippen molar-refractivity contribution in [3.8, 4) is 0 Å².